The molecule has 5 rings (SSSR count). The molecule has 4 aromatic carbocycles. The lowest BCUT2D eigenvalue weighted by atomic mass is 9.98. The monoisotopic (exact) mass is 687 g/mol. The Hall–Kier alpha value is -4.67. The highest BCUT2D eigenvalue weighted by Crippen LogP contribution is 2.35. The molecular weight excluding hydrogens is 643 g/mol. The summed E-state index contributed by atoms with van der Waals surface area (Å²) in [7, 11) is 2.01. The van der Waals surface area contributed by atoms with Crippen LogP contribution in [0.4, 0.5) is 18.9 Å². The van der Waals surface area contributed by atoms with E-state index in [1.807, 2.05) is 14.0 Å². The number of aryl methyl sites for hydroxylation is 1. The Morgan fingerprint density at radius 1 is 0.980 bits per heavy atom. The molecule has 10 heteroatoms. The average molecular weight is 688 g/mol. The zero-order valence-corrected chi connectivity index (χ0v) is 28.8. The highest BCUT2D eigenvalue weighted by molar-refractivity contribution is 6.02. The van der Waals surface area contributed by atoms with Crippen molar-refractivity contribution in [3.63, 3.8) is 0 Å². The van der Waals surface area contributed by atoms with Crippen LogP contribution in [0.15, 0.2) is 91.0 Å². The van der Waals surface area contributed by atoms with Crippen LogP contribution >= 0.6 is 0 Å². The molecule has 0 unspecified atom stereocenters. The number of hydrogen-bond donors (Lipinski definition) is 2. The lowest BCUT2D eigenvalue weighted by molar-refractivity contribution is -0.137. The number of hydrogen-bond acceptors (Lipinski definition) is 5. The van der Waals surface area contributed by atoms with Crippen LogP contribution in [0.2, 0.25) is 0 Å². The number of para-hydroxylation sites is 1. The summed E-state index contributed by atoms with van der Waals surface area (Å²) in [6.45, 7) is 7.18. The third kappa shape index (κ3) is 9.31. The quantitative estimate of drug-likeness (QED) is 0.175. The van der Waals surface area contributed by atoms with Gasteiger partial charge in [-0.05, 0) is 73.8 Å². The molecule has 0 spiro atoms. The number of ether oxygens (including phenoxy) is 1. The third-order valence-electron chi connectivity index (χ3n) is 9.07. The number of benzene rings is 4. The summed E-state index contributed by atoms with van der Waals surface area (Å²) >= 11 is 0. The topological polar surface area (TPSA) is 82.1 Å². The van der Waals surface area contributed by atoms with Crippen LogP contribution in [-0.4, -0.2) is 65.6 Å². The molecule has 1 aliphatic rings. The molecular formula is C40H44F3N3O4. The first-order valence-corrected chi connectivity index (χ1v) is 16.8. The summed E-state index contributed by atoms with van der Waals surface area (Å²) in [5.41, 5.74) is 5.03. The van der Waals surface area contributed by atoms with Crippen LogP contribution in [0, 0.1) is 12.8 Å². The summed E-state index contributed by atoms with van der Waals surface area (Å²) in [6.07, 6.45) is -4.18. The second-order valence-corrected chi connectivity index (χ2v) is 13.4. The van der Waals surface area contributed by atoms with E-state index in [2.05, 4.69) is 65.7 Å². The van der Waals surface area contributed by atoms with Crippen LogP contribution in [0.1, 0.15) is 57.6 Å². The van der Waals surface area contributed by atoms with Gasteiger partial charge in [0.1, 0.15) is 6.10 Å². The van der Waals surface area contributed by atoms with E-state index < -0.39 is 29.8 Å². The molecule has 3 atom stereocenters. The zero-order valence-electron chi connectivity index (χ0n) is 28.8. The molecule has 50 heavy (non-hydrogen) atoms. The number of rotatable bonds is 11. The second-order valence-electron chi connectivity index (χ2n) is 13.4. The van der Waals surface area contributed by atoms with Gasteiger partial charge in [-0.1, -0.05) is 79.2 Å². The summed E-state index contributed by atoms with van der Waals surface area (Å²) in [4.78, 5) is 30.8. The number of carbonyl (C=O) groups excluding carboxylic acids is 2. The van der Waals surface area contributed by atoms with E-state index >= 15 is 0 Å². The Bertz CT molecular complexity index is 1780. The molecule has 264 valence electrons. The van der Waals surface area contributed by atoms with Crippen molar-refractivity contribution in [1.29, 1.82) is 0 Å². The van der Waals surface area contributed by atoms with E-state index in [0.717, 1.165) is 24.1 Å². The molecule has 0 saturated heterocycles. The maximum absolute atomic E-state index is 13.8. The van der Waals surface area contributed by atoms with Crippen molar-refractivity contribution in [2.24, 2.45) is 5.92 Å². The molecule has 0 bridgehead atoms. The summed E-state index contributed by atoms with van der Waals surface area (Å²) in [5, 5.41) is 12.8. The number of anilines is 1. The second kappa shape index (κ2) is 15.9. The Kier molecular flexibility index (Phi) is 11.6. The van der Waals surface area contributed by atoms with Gasteiger partial charge in [-0.15, -0.1) is 0 Å². The Balaban J connectivity index is 1.33. The van der Waals surface area contributed by atoms with E-state index in [9.17, 15) is 27.9 Å². The van der Waals surface area contributed by atoms with Crippen molar-refractivity contribution in [2.45, 2.75) is 58.5 Å². The maximum Gasteiger partial charge on any atom is 0.416 e. The molecule has 0 aromatic heterocycles. The maximum atomic E-state index is 13.8. The van der Waals surface area contributed by atoms with Gasteiger partial charge in [-0.25, -0.2) is 0 Å². The Morgan fingerprint density at radius 2 is 1.64 bits per heavy atom. The Morgan fingerprint density at radius 3 is 2.30 bits per heavy atom. The molecule has 2 amide bonds. The van der Waals surface area contributed by atoms with E-state index in [-0.39, 0.29) is 41.9 Å². The van der Waals surface area contributed by atoms with Crippen LogP contribution in [0.5, 0.6) is 5.75 Å². The number of fused-ring (bicyclic) bond motifs is 1. The molecule has 0 fully saturated rings. The normalized spacial score (nSPS) is 17.1. The smallest absolute Gasteiger partial charge is 0.416 e. The van der Waals surface area contributed by atoms with E-state index in [1.165, 1.54) is 28.8 Å². The molecule has 0 aliphatic carbocycles. The van der Waals surface area contributed by atoms with Crippen molar-refractivity contribution in [1.82, 2.24) is 9.80 Å². The molecule has 7 nitrogen and oxygen atoms in total. The van der Waals surface area contributed by atoms with Gasteiger partial charge < -0.3 is 20.1 Å². The van der Waals surface area contributed by atoms with Crippen LogP contribution in [-0.2, 0) is 30.4 Å². The van der Waals surface area contributed by atoms with Gasteiger partial charge in [0.05, 0.1) is 35.9 Å². The van der Waals surface area contributed by atoms with Crippen molar-refractivity contribution >= 4 is 17.5 Å². The predicted octanol–water partition coefficient (Wildman–Crippen LogP) is 7.14. The predicted molar refractivity (Wildman–Crippen MR) is 188 cm³/mol. The number of amides is 2. The van der Waals surface area contributed by atoms with Gasteiger partial charge in [-0.3, -0.25) is 14.5 Å². The largest absolute Gasteiger partial charge is 0.486 e. The molecule has 0 radical (unpaired) electrons. The first-order valence-electron chi connectivity index (χ1n) is 16.8. The molecule has 1 aliphatic heterocycles. The molecule has 4 aromatic rings. The van der Waals surface area contributed by atoms with Crippen LogP contribution in [0.25, 0.3) is 0 Å². The van der Waals surface area contributed by atoms with E-state index in [0.29, 0.717) is 25.2 Å². The van der Waals surface area contributed by atoms with E-state index in [1.54, 1.807) is 30.0 Å². The minimum atomic E-state index is -4.47. The minimum absolute atomic E-state index is 0.142. The Labute approximate surface area is 291 Å². The standard InChI is InChI=1S/C40H44F3N3O4/c1-26-7-5-8-32(19-26)20-29-11-13-31(14-12-29)23-45(4)24-36-27(2)22-46(28(3)25-47)39(49)34-9-6-10-35(38(34)50-36)44-37(48)21-30-15-17-33(18-16-30)40(41,42)43/h5-19,27-28,36,47H,20-25H2,1-4H3,(H,44,48)/t27-,28+,36-/m1/s1. The fourth-order valence-corrected chi connectivity index (χ4v) is 6.25. The zero-order chi connectivity index (χ0) is 36.0. The van der Waals surface area contributed by atoms with Gasteiger partial charge >= 0.3 is 6.18 Å². The summed E-state index contributed by atoms with van der Waals surface area (Å²) < 4.78 is 45.7. The van der Waals surface area contributed by atoms with Crippen molar-refractivity contribution in [3.05, 3.63) is 130 Å². The average Bonchev–Trinajstić information content (AvgIpc) is 3.07. The third-order valence-corrected chi connectivity index (χ3v) is 9.07. The van der Waals surface area contributed by atoms with Gasteiger partial charge in [0.15, 0.2) is 5.75 Å². The number of aliphatic hydroxyl groups excluding tert-OH is 1. The lowest BCUT2D eigenvalue weighted by Gasteiger charge is -2.38. The molecule has 0 saturated carbocycles. The fraction of sp³-hybridized carbons (Fsp3) is 0.350. The minimum Gasteiger partial charge on any atom is -0.486 e. The number of halogens is 3. The number of alkyl halides is 3. The first kappa shape index (κ1) is 36.6. The molecule has 1 heterocycles. The van der Waals surface area contributed by atoms with E-state index in [4.69, 9.17) is 4.74 Å². The highest BCUT2D eigenvalue weighted by atomic mass is 19.4. The van der Waals surface area contributed by atoms with Gasteiger partial charge in [0.25, 0.3) is 5.91 Å². The SMILES string of the molecule is Cc1cccc(Cc2ccc(CN(C)C[C@H]3Oc4c(NC(=O)Cc5ccc(C(F)(F)F)cc5)cccc4C(=O)N([C@@H](C)CO)C[C@H]3C)cc2)c1. The number of nitrogens with one attached hydrogen (secondary N) is 1. The summed E-state index contributed by atoms with van der Waals surface area (Å²) in [5.74, 6) is -0.718. The first-order chi connectivity index (χ1) is 23.8. The van der Waals surface area contributed by atoms with Gasteiger partial charge in [0.2, 0.25) is 5.91 Å². The lowest BCUT2D eigenvalue weighted by Crippen LogP contribution is -2.49. The van der Waals surface area contributed by atoms with Crippen LogP contribution in [0.3, 0.4) is 0 Å². The number of carbonyl (C=O) groups is 2. The molecule has 2 N–H and O–H groups in total. The number of aliphatic hydroxyl groups is 1. The van der Waals surface area contributed by atoms with Crippen molar-refractivity contribution < 1.29 is 32.6 Å². The van der Waals surface area contributed by atoms with Gasteiger partial charge in [0, 0.05) is 25.6 Å². The number of nitrogens with zero attached hydrogens (tertiary/aromatic N) is 2. The van der Waals surface area contributed by atoms with Crippen molar-refractivity contribution in [2.75, 3.05) is 32.1 Å². The van der Waals surface area contributed by atoms with Gasteiger partial charge in [-0.2, -0.15) is 13.2 Å². The highest BCUT2D eigenvalue weighted by Gasteiger charge is 2.35. The summed E-state index contributed by atoms with van der Waals surface area (Å²) in [6, 6.07) is 26.0. The van der Waals surface area contributed by atoms with Crippen LogP contribution < -0.4 is 10.1 Å². The fourth-order valence-electron chi connectivity index (χ4n) is 6.25. The number of likely N-dealkylation sites (N-methyl/N-ethyl adjacent to an activating group) is 1. The van der Waals surface area contributed by atoms with Crippen molar-refractivity contribution in [3.8, 4) is 5.75 Å².